The van der Waals surface area contributed by atoms with Crippen LogP contribution in [-0.4, -0.2) is 51.0 Å². The Morgan fingerprint density at radius 3 is 2.55 bits per heavy atom. The number of rotatable bonds is 3. The number of carbonyl (C=O) groups is 1. The fraction of sp³-hybridized carbons (Fsp3) is 0.462. The molecule has 6 nitrogen and oxygen atoms in total. The Morgan fingerprint density at radius 2 is 1.95 bits per heavy atom. The molecule has 0 aromatic heterocycles. The van der Waals surface area contributed by atoms with Gasteiger partial charge in [-0.05, 0) is 19.1 Å². The van der Waals surface area contributed by atoms with Crippen molar-refractivity contribution >= 4 is 16.0 Å². The quantitative estimate of drug-likeness (QED) is 0.807. The second-order valence-corrected chi connectivity index (χ2v) is 6.72. The van der Waals surface area contributed by atoms with E-state index in [4.69, 9.17) is 0 Å². The lowest BCUT2D eigenvalue weighted by molar-refractivity contribution is -0.144. The van der Waals surface area contributed by atoms with Crippen molar-refractivity contribution in [2.24, 2.45) is 0 Å². The van der Waals surface area contributed by atoms with Gasteiger partial charge in [0.1, 0.15) is 6.04 Å². The normalized spacial score (nSPS) is 24.3. The zero-order valence-electron chi connectivity index (χ0n) is 11.4. The van der Waals surface area contributed by atoms with Gasteiger partial charge in [0.05, 0.1) is 12.0 Å². The molecule has 0 aliphatic carbocycles. The Kier molecular flexibility index (Phi) is 4.42. The van der Waals surface area contributed by atoms with Gasteiger partial charge in [-0.25, -0.2) is 8.42 Å². The Labute approximate surface area is 118 Å². The fourth-order valence-electron chi connectivity index (χ4n) is 2.26. The molecule has 1 saturated heterocycles. The number of nitrogens with one attached hydrogen (secondary N) is 1. The summed E-state index contributed by atoms with van der Waals surface area (Å²) < 4.78 is 31.1. The number of esters is 1. The molecule has 1 fully saturated rings. The van der Waals surface area contributed by atoms with Crippen LogP contribution in [0.4, 0.5) is 0 Å². The summed E-state index contributed by atoms with van der Waals surface area (Å²) in [5, 5.41) is 3.04. The van der Waals surface area contributed by atoms with Gasteiger partial charge in [-0.1, -0.05) is 18.2 Å². The van der Waals surface area contributed by atoms with Crippen LogP contribution < -0.4 is 5.32 Å². The van der Waals surface area contributed by atoms with Crippen LogP contribution >= 0.6 is 0 Å². The highest BCUT2D eigenvalue weighted by Crippen LogP contribution is 2.18. The Hall–Kier alpha value is -1.44. The van der Waals surface area contributed by atoms with Crippen molar-refractivity contribution in [2.45, 2.75) is 23.9 Å². The highest BCUT2D eigenvalue weighted by molar-refractivity contribution is 7.89. The Balaban J connectivity index is 2.25. The van der Waals surface area contributed by atoms with Crippen molar-refractivity contribution in [1.82, 2.24) is 9.62 Å². The molecule has 0 spiro atoms. The maximum atomic E-state index is 12.5. The maximum Gasteiger partial charge on any atom is 0.324 e. The van der Waals surface area contributed by atoms with Crippen molar-refractivity contribution in [2.75, 3.05) is 20.2 Å². The molecule has 0 bridgehead atoms. The second kappa shape index (κ2) is 5.90. The predicted molar refractivity (Wildman–Crippen MR) is 73.6 cm³/mol. The summed E-state index contributed by atoms with van der Waals surface area (Å²) in [4.78, 5) is 11.8. The van der Waals surface area contributed by atoms with E-state index < -0.39 is 22.0 Å². The van der Waals surface area contributed by atoms with Gasteiger partial charge in [-0.2, -0.15) is 4.31 Å². The summed E-state index contributed by atoms with van der Waals surface area (Å²) in [7, 11) is -2.29. The molecule has 0 amide bonds. The summed E-state index contributed by atoms with van der Waals surface area (Å²) in [6.45, 7) is 2.24. The Bertz CT molecular complexity index is 573. The number of carbonyl (C=O) groups excluding carboxylic acids is 1. The standard InChI is InChI=1S/C13H18N2O4S/c1-10-8-15(9-12(14-10)13(16)19-2)20(17,18)11-6-4-3-5-7-11/h3-7,10,12,14H,8-9H2,1-2H3/t10-,12-/m1/s1. The number of nitrogens with zero attached hydrogens (tertiary/aromatic N) is 1. The van der Waals surface area contributed by atoms with E-state index in [1.807, 2.05) is 6.92 Å². The van der Waals surface area contributed by atoms with Crippen LogP contribution in [-0.2, 0) is 19.6 Å². The number of ether oxygens (including phenoxy) is 1. The highest BCUT2D eigenvalue weighted by atomic mass is 32.2. The lowest BCUT2D eigenvalue weighted by Gasteiger charge is -2.35. The molecular weight excluding hydrogens is 280 g/mol. The van der Waals surface area contributed by atoms with E-state index in [0.717, 1.165) is 0 Å². The molecule has 0 radical (unpaired) electrons. The first-order valence-electron chi connectivity index (χ1n) is 6.34. The van der Waals surface area contributed by atoms with Gasteiger partial charge in [-0.15, -0.1) is 0 Å². The molecule has 0 unspecified atom stereocenters. The van der Waals surface area contributed by atoms with E-state index in [-0.39, 0.29) is 17.5 Å². The summed E-state index contributed by atoms with van der Waals surface area (Å²) in [5.41, 5.74) is 0. The number of piperazine rings is 1. The predicted octanol–water partition coefficient (Wildman–Crippen LogP) is 0.211. The van der Waals surface area contributed by atoms with E-state index in [9.17, 15) is 13.2 Å². The van der Waals surface area contributed by atoms with E-state index in [2.05, 4.69) is 10.1 Å². The second-order valence-electron chi connectivity index (χ2n) is 4.78. The average molecular weight is 298 g/mol. The minimum atomic E-state index is -3.58. The number of sulfonamides is 1. The maximum absolute atomic E-state index is 12.5. The third-order valence-electron chi connectivity index (χ3n) is 3.22. The van der Waals surface area contributed by atoms with Crippen LogP contribution in [0.15, 0.2) is 35.2 Å². The SMILES string of the molecule is COC(=O)[C@H]1CN(S(=O)(=O)c2ccccc2)C[C@@H](C)N1. The van der Waals surface area contributed by atoms with Crippen LogP contribution in [0.1, 0.15) is 6.92 Å². The van der Waals surface area contributed by atoms with E-state index in [1.54, 1.807) is 30.3 Å². The highest BCUT2D eigenvalue weighted by Gasteiger charge is 2.36. The van der Waals surface area contributed by atoms with Crippen molar-refractivity contribution in [3.05, 3.63) is 30.3 Å². The molecule has 110 valence electrons. The zero-order chi connectivity index (χ0) is 14.8. The third-order valence-corrected chi connectivity index (χ3v) is 5.06. The largest absolute Gasteiger partial charge is 0.468 e. The summed E-state index contributed by atoms with van der Waals surface area (Å²) in [5.74, 6) is -0.454. The molecule has 1 aromatic carbocycles. The summed E-state index contributed by atoms with van der Waals surface area (Å²) in [6, 6.07) is 7.46. The molecule has 1 aromatic rings. The number of hydrogen-bond acceptors (Lipinski definition) is 5. The lowest BCUT2D eigenvalue weighted by Crippen LogP contribution is -2.59. The van der Waals surface area contributed by atoms with Crippen LogP contribution in [0.2, 0.25) is 0 Å². The topological polar surface area (TPSA) is 75.7 Å². The average Bonchev–Trinajstić information content (AvgIpc) is 2.46. The lowest BCUT2D eigenvalue weighted by atomic mass is 10.2. The van der Waals surface area contributed by atoms with Gasteiger partial charge < -0.3 is 4.74 Å². The van der Waals surface area contributed by atoms with Gasteiger partial charge >= 0.3 is 5.97 Å². The van der Waals surface area contributed by atoms with Crippen LogP contribution in [0.5, 0.6) is 0 Å². The summed E-state index contributed by atoms with van der Waals surface area (Å²) in [6.07, 6.45) is 0. The van der Waals surface area contributed by atoms with Crippen molar-refractivity contribution < 1.29 is 17.9 Å². The summed E-state index contributed by atoms with van der Waals surface area (Å²) >= 11 is 0. The first kappa shape index (κ1) is 15.0. The van der Waals surface area contributed by atoms with Gasteiger partial charge in [-0.3, -0.25) is 10.1 Å². The molecule has 1 heterocycles. The number of methoxy groups -OCH3 is 1. The molecular formula is C13H18N2O4S. The van der Waals surface area contributed by atoms with Crippen molar-refractivity contribution in [3.63, 3.8) is 0 Å². The van der Waals surface area contributed by atoms with Crippen LogP contribution in [0, 0.1) is 0 Å². The monoisotopic (exact) mass is 298 g/mol. The van der Waals surface area contributed by atoms with E-state index in [1.165, 1.54) is 11.4 Å². The minimum Gasteiger partial charge on any atom is -0.468 e. The molecule has 20 heavy (non-hydrogen) atoms. The first-order chi connectivity index (χ1) is 9.45. The molecule has 1 N–H and O–H groups in total. The van der Waals surface area contributed by atoms with Gasteiger partial charge in [0.25, 0.3) is 0 Å². The Morgan fingerprint density at radius 1 is 1.30 bits per heavy atom. The molecule has 2 atom stereocenters. The molecule has 1 aliphatic heterocycles. The van der Waals surface area contributed by atoms with Gasteiger partial charge in [0, 0.05) is 19.1 Å². The number of benzene rings is 1. The van der Waals surface area contributed by atoms with Crippen LogP contribution in [0.3, 0.4) is 0 Å². The fourth-order valence-corrected chi connectivity index (χ4v) is 3.82. The first-order valence-corrected chi connectivity index (χ1v) is 7.78. The van der Waals surface area contributed by atoms with Crippen LogP contribution in [0.25, 0.3) is 0 Å². The molecule has 7 heteroatoms. The third kappa shape index (κ3) is 3.00. The van der Waals surface area contributed by atoms with Crippen molar-refractivity contribution in [1.29, 1.82) is 0 Å². The smallest absolute Gasteiger partial charge is 0.324 e. The zero-order valence-corrected chi connectivity index (χ0v) is 12.3. The minimum absolute atomic E-state index is 0.0776. The molecule has 0 saturated carbocycles. The van der Waals surface area contributed by atoms with Crippen molar-refractivity contribution in [3.8, 4) is 0 Å². The molecule has 2 rings (SSSR count). The van der Waals surface area contributed by atoms with E-state index in [0.29, 0.717) is 6.54 Å². The molecule has 1 aliphatic rings. The van der Waals surface area contributed by atoms with E-state index >= 15 is 0 Å². The van der Waals surface area contributed by atoms with Gasteiger partial charge in [0.2, 0.25) is 10.0 Å². The van der Waals surface area contributed by atoms with Gasteiger partial charge in [0.15, 0.2) is 0 Å². The number of hydrogen-bond donors (Lipinski definition) is 1.